The van der Waals surface area contributed by atoms with Crippen LogP contribution in [0.15, 0.2) is 18.2 Å². The van der Waals surface area contributed by atoms with Crippen LogP contribution in [0, 0.1) is 0 Å². The molecule has 0 bridgehead atoms. The second-order valence-corrected chi connectivity index (χ2v) is 16.6. The molecule has 0 unspecified atom stereocenters. The van der Waals surface area contributed by atoms with E-state index >= 15 is 0 Å². The quantitative estimate of drug-likeness (QED) is 0.0509. The summed E-state index contributed by atoms with van der Waals surface area (Å²) in [7, 11) is 6.75. The van der Waals surface area contributed by atoms with Gasteiger partial charge in [-0.25, -0.2) is 0 Å². The topological polar surface area (TPSA) is 18.5 Å². The fourth-order valence-corrected chi connectivity index (χ4v) is 7.12. The molecule has 1 aromatic carbocycles. The van der Waals surface area contributed by atoms with Crippen LogP contribution in [-0.2, 0) is 6.54 Å². The molecular weight excluding hydrogens is 599 g/mol. The van der Waals surface area contributed by atoms with Crippen molar-refractivity contribution in [3.05, 3.63) is 23.8 Å². The van der Waals surface area contributed by atoms with E-state index in [0.29, 0.717) is 0 Å². The number of ether oxygens (including phenoxy) is 2. The molecule has 49 heavy (non-hydrogen) atoms. The smallest absolute Gasteiger partial charge is 0.123 e. The van der Waals surface area contributed by atoms with Crippen molar-refractivity contribution in [1.82, 2.24) is 0 Å². The first-order chi connectivity index (χ1) is 23.9. The van der Waals surface area contributed by atoms with Crippen molar-refractivity contribution in [2.75, 3.05) is 34.4 Å². The summed E-state index contributed by atoms with van der Waals surface area (Å²) >= 11 is 0. The first-order valence-electron chi connectivity index (χ1n) is 22.1. The van der Waals surface area contributed by atoms with Crippen LogP contribution in [0.3, 0.4) is 0 Å². The fraction of sp³-hybridized carbons (Fsp3) is 0.870. The third-order valence-corrected chi connectivity index (χ3v) is 10.1. The van der Waals surface area contributed by atoms with Gasteiger partial charge in [0.05, 0.1) is 34.4 Å². The molecular formula is C46H88NO2+. The number of nitrogens with zero attached hydrogens (tertiary/aromatic N) is 1. The van der Waals surface area contributed by atoms with Crippen molar-refractivity contribution in [3.8, 4) is 11.5 Å². The zero-order valence-corrected chi connectivity index (χ0v) is 34.2. The first-order valence-corrected chi connectivity index (χ1v) is 22.1. The molecule has 3 nitrogen and oxygen atoms in total. The summed E-state index contributed by atoms with van der Waals surface area (Å²) in [6, 6.07) is 6.59. The van der Waals surface area contributed by atoms with Crippen LogP contribution in [0.25, 0.3) is 0 Å². The van der Waals surface area contributed by atoms with E-state index in [9.17, 15) is 0 Å². The number of rotatable bonds is 38. The van der Waals surface area contributed by atoms with Crippen molar-refractivity contribution >= 4 is 0 Å². The standard InChI is InChI=1S/C46H88NO2/c1-6-8-10-12-14-16-18-20-22-24-26-28-30-32-34-36-38-48-45-40-44(43-47(3,4)5)41-46(42-45)49-39-37-35-33-31-29-27-25-23-21-19-17-15-13-11-9-7-2/h40-42H,6-39,43H2,1-5H3/q+1. The molecule has 0 saturated carbocycles. The lowest BCUT2D eigenvalue weighted by Crippen LogP contribution is -2.33. The Morgan fingerprint density at radius 1 is 0.347 bits per heavy atom. The normalized spacial score (nSPS) is 11.8. The van der Waals surface area contributed by atoms with Gasteiger partial charge in [-0.2, -0.15) is 0 Å². The van der Waals surface area contributed by atoms with Crippen LogP contribution in [0.2, 0.25) is 0 Å². The minimum atomic E-state index is 0.810. The Morgan fingerprint density at radius 2 is 0.592 bits per heavy atom. The van der Waals surface area contributed by atoms with Crippen LogP contribution < -0.4 is 9.47 Å². The van der Waals surface area contributed by atoms with Crippen LogP contribution in [0.1, 0.15) is 225 Å². The lowest BCUT2D eigenvalue weighted by Gasteiger charge is -2.24. The minimum absolute atomic E-state index is 0.810. The lowest BCUT2D eigenvalue weighted by molar-refractivity contribution is -0.884. The summed E-state index contributed by atoms with van der Waals surface area (Å²) in [4.78, 5) is 0. The third kappa shape index (κ3) is 32.4. The fourth-order valence-electron chi connectivity index (χ4n) is 7.12. The molecule has 0 atom stereocenters. The van der Waals surface area contributed by atoms with E-state index in [4.69, 9.17) is 9.47 Å². The Labute approximate surface area is 308 Å². The highest BCUT2D eigenvalue weighted by Crippen LogP contribution is 2.26. The molecule has 0 N–H and O–H groups in total. The van der Waals surface area contributed by atoms with Crippen molar-refractivity contribution < 1.29 is 14.0 Å². The van der Waals surface area contributed by atoms with Crippen LogP contribution >= 0.6 is 0 Å². The molecule has 0 heterocycles. The molecule has 0 aromatic heterocycles. The highest BCUT2D eigenvalue weighted by atomic mass is 16.5. The molecule has 0 aliphatic heterocycles. The summed E-state index contributed by atoms with van der Waals surface area (Å²) in [6.07, 6.45) is 44.7. The molecule has 0 radical (unpaired) electrons. The molecule has 0 aliphatic carbocycles. The third-order valence-electron chi connectivity index (χ3n) is 10.1. The Balaban J connectivity index is 2.10. The maximum atomic E-state index is 6.27. The minimum Gasteiger partial charge on any atom is -0.493 e. The summed E-state index contributed by atoms with van der Waals surface area (Å²) < 4.78 is 13.4. The Kier molecular flexibility index (Phi) is 31.7. The first kappa shape index (κ1) is 45.8. The maximum absolute atomic E-state index is 6.27. The summed E-state index contributed by atoms with van der Waals surface area (Å²) in [5, 5.41) is 0. The van der Waals surface area contributed by atoms with Gasteiger partial charge in [0.25, 0.3) is 0 Å². The van der Waals surface area contributed by atoms with Crippen molar-refractivity contribution in [2.24, 2.45) is 0 Å². The van der Waals surface area contributed by atoms with Gasteiger partial charge in [0, 0.05) is 11.6 Å². The predicted molar refractivity (Wildman–Crippen MR) is 218 cm³/mol. The lowest BCUT2D eigenvalue weighted by atomic mass is 10.0. The molecule has 1 aromatic rings. The number of unbranched alkanes of at least 4 members (excludes halogenated alkanes) is 30. The van der Waals surface area contributed by atoms with E-state index in [1.54, 1.807) is 0 Å². The molecule has 0 amide bonds. The van der Waals surface area contributed by atoms with Gasteiger partial charge in [-0.15, -0.1) is 0 Å². The van der Waals surface area contributed by atoms with Gasteiger partial charge in [-0.05, 0) is 25.0 Å². The van der Waals surface area contributed by atoms with E-state index in [1.807, 2.05) is 0 Å². The highest BCUT2D eigenvalue weighted by Gasteiger charge is 2.12. The predicted octanol–water partition coefficient (Wildman–Crippen LogP) is 15.2. The van der Waals surface area contributed by atoms with E-state index in [2.05, 4.69) is 53.2 Å². The van der Waals surface area contributed by atoms with E-state index in [-0.39, 0.29) is 0 Å². The zero-order valence-electron chi connectivity index (χ0n) is 34.2. The number of quaternary nitrogens is 1. The molecule has 0 fully saturated rings. The van der Waals surface area contributed by atoms with Gasteiger partial charge < -0.3 is 14.0 Å². The number of hydrogen-bond donors (Lipinski definition) is 0. The number of benzene rings is 1. The molecule has 288 valence electrons. The number of hydrogen-bond acceptors (Lipinski definition) is 2. The van der Waals surface area contributed by atoms with Crippen LogP contribution in [-0.4, -0.2) is 38.8 Å². The summed E-state index contributed by atoms with van der Waals surface area (Å²) in [6.45, 7) is 7.20. The van der Waals surface area contributed by atoms with E-state index in [0.717, 1.165) is 48.6 Å². The molecule has 0 aliphatic rings. The van der Waals surface area contributed by atoms with Crippen molar-refractivity contribution in [2.45, 2.75) is 226 Å². The van der Waals surface area contributed by atoms with Gasteiger partial charge in [0.1, 0.15) is 18.0 Å². The monoisotopic (exact) mass is 687 g/mol. The van der Waals surface area contributed by atoms with Crippen LogP contribution in [0.5, 0.6) is 11.5 Å². The van der Waals surface area contributed by atoms with Gasteiger partial charge in [0.2, 0.25) is 0 Å². The Bertz CT molecular complexity index is 760. The maximum Gasteiger partial charge on any atom is 0.123 e. The van der Waals surface area contributed by atoms with E-state index < -0.39 is 0 Å². The van der Waals surface area contributed by atoms with Crippen LogP contribution in [0.4, 0.5) is 0 Å². The summed E-state index contributed by atoms with van der Waals surface area (Å²) in [5.41, 5.74) is 1.30. The largest absolute Gasteiger partial charge is 0.493 e. The highest BCUT2D eigenvalue weighted by molar-refractivity contribution is 5.38. The second kappa shape index (κ2) is 33.9. The molecule has 0 saturated heterocycles. The van der Waals surface area contributed by atoms with Gasteiger partial charge >= 0.3 is 0 Å². The average molecular weight is 687 g/mol. The average Bonchev–Trinajstić information content (AvgIpc) is 3.06. The van der Waals surface area contributed by atoms with Gasteiger partial charge in [-0.1, -0.05) is 206 Å². The van der Waals surface area contributed by atoms with Crippen molar-refractivity contribution in [1.29, 1.82) is 0 Å². The molecule has 0 spiro atoms. The van der Waals surface area contributed by atoms with Gasteiger partial charge in [-0.3, -0.25) is 0 Å². The SMILES string of the molecule is CCCCCCCCCCCCCCCCCCOc1cc(C[N+](C)(C)C)cc(OCCCCCCCCCCCCCCCCCC)c1. The molecule has 3 heteroatoms. The Morgan fingerprint density at radius 3 is 0.837 bits per heavy atom. The van der Waals surface area contributed by atoms with Crippen molar-refractivity contribution in [3.63, 3.8) is 0 Å². The molecule has 1 rings (SSSR count). The zero-order chi connectivity index (χ0) is 35.5. The van der Waals surface area contributed by atoms with Gasteiger partial charge in [0.15, 0.2) is 0 Å². The summed E-state index contributed by atoms with van der Waals surface area (Å²) in [5.74, 6) is 1.96. The second-order valence-electron chi connectivity index (χ2n) is 16.6. The Hall–Kier alpha value is -1.22. The van der Waals surface area contributed by atoms with E-state index in [1.165, 1.54) is 198 Å².